The topological polar surface area (TPSA) is 67.6 Å². The van der Waals surface area contributed by atoms with E-state index in [4.69, 9.17) is 11.6 Å². The first-order valence-electron chi connectivity index (χ1n) is 12.4. The minimum absolute atomic E-state index is 0.0857. The number of hydrogen-bond acceptors (Lipinski definition) is 4. The molecule has 0 atom stereocenters. The fraction of sp³-hybridized carbons (Fsp3) is 0.481. The van der Waals surface area contributed by atoms with Gasteiger partial charge in [0.05, 0.1) is 27.9 Å². The zero-order chi connectivity index (χ0) is 24.7. The maximum Gasteiger partial charge on any atom is 0.233 e. The summed E-state index contributed by atoms with van der Waals surface area (Å²) in [4.78, 5) is 32.5. The van der Waals surface area contributed by atoms with E-state index in [9.17, 15) is 14.0 Å². The fourth-order valence-corrected chi connectivity index (χ4v) is 6.16. The summed E-state index contributed by atoms with van der Waals surface area (Å²) in [6, 6.07) is 6.16. The Kier molecular flexibility index (Phi) is 6.38. The van der Waals surface area contributed by atoms with Crippen molar-refractivity contribution in [2.24, 2.45) is 11.3 Å². The number of anilines is 1. The molecule has 2 aliphatic rings. The van der Waals surface area contributed by atoms with Gasteiger partial charge in [-0.05, 0) is 82.6 Å². The van der Waals surface area contributed by atoms with Crippen molar-refractivity contribution in [2.45, 2.75) is 65.2 Å². The highest BCUT2D eigenvalue weighted by Gasteiger charge is 2.48. The second-order valence-corrected chi connectivity index (χ2v) is 10.6. The Morgan fingerprint density at radius 1 is 1.20 bits per heavy atom. The van der Waals surface area contributed by atoms with Gasteiger partial charge in [-0.1, -0.05) is 18.0 Å². The van der Waals surface area contributed by atoms with Gasteiger partial charge in [0.2, 0.25) is 5.91 Å². The first kappa shape index (κ1) is 23.9. The predicted molar refractivity (Wildman–Crippen MR) is 133 cm³/mol. The van der Waals surface area contributed by atoms with Crippen molar-refractivity contribution >= 4 is 34.6 Å². The highest BCUT2D eigenvalue weighted by atomic mass is 35.5. The van der Waals surface area contributed by atoms with E-state index in [1.54, 1.807) is 21.7 Å². The van der Waals surface area contributed by atoms with Crippen LogP contribution < -0.4 is 4.90 Å². The molecule has 0 unspecified atom stereocenters. The Balaban J connectivity index is 1.15. The molecular formula is C27H30ClFN4O2. The number of ketones is 1. The van der Waals surface area contributed by atoms with Crippen molar-refractivity contribution in [2.75, 3.05) is 11.4 Å². The van der Waals surface area contributed by atoms with Crippen LogP contribution in [0.3, 0.4) is 0 Å². The highest BCUT2D eigenvalue weighted by Crippen LogP contribution is 2.49. The normalized spacial score (nSPS) is 22.5. The number of rotatable bonds is 6. The maximum absolute atomic E-state index is 13.4. The molecule has 0 N–H and O–H groups in total. The largest absolute Gasteiger partial charge is 0.310 e. The summed E-state index contributed by atoms with van der Waals surface area (Å²) >= 11 is 6.22. The number of amides is 1. The van der Waals surface area contributed by atoms with Gasteiger partial charge < -0.3 is 4.90 Å². The lowest BCUT2D eigenvalue weighted by molar-refractivity contribution is -0.127. The third-order valence-electron chi connectivity index (χ3n) is 7.87. The lowest BCUT2D eigenvalue weighted by Gasteiger charge is -2.36. The molecule has 1 amide bonds. The molecule has 2 fully saturated rings. The smallest absolute Gasteiger partial charge is 0.233 e. The van der Waals surface area contributed by atoms with Crippen molar-refractivity contribution in [3.63, 3.8) is 0 Å². The summed E-state index contributed by atoms with van der Waals surface area (Å²) < 4.78 is 15.2. The standard InChI is InChI=1S/C27H30ClFN4O2/c1-17-14-18(2)33-25(31-17)21(16-30-33)24(34)5-3-4-19-8-10-27(11-9-19)12-13-32(26(27)35)23-7-6-20(29)15-22(23)28/h6-7,14-16,19H,3-5,8-13H2,1-2H3. The average Bonchev–Trinajstić information content (AvgIpc) is 3.38. The molecule has 2 aromatic heterocycles. The van der Waals surface area contributed by atoms with Gasteiger partial charge in [0.15, 0.2) is 11.4 Å². The number of nitrogens with zero attached hydrogens (tertiary/aromatic N) is 4. The minimum Gasteiger partial charge on any atom is -0.310 e. The van der Waals surface area contributed by atoms with E-state index in [0.29, 0.717) is 35.8 Å². The minimum atomic E-state index is -0.401. The SMILES string of the molecule is Cc1cc(C)n2ncc(C(=O)CCCC3CCC4(CC3)CCN(c3ccc(F)cc3Cl)C4=O)c2n1. The van der Waals surface area contributed by atoms with Crippen LogP contribution in [0.4, 0.5) is 10.1 Å². The second kappa shape index (κ2) is 9.34. The lowest BCUT2D eigenvalue weighted by Crippen LogP contribution is -2.37. The number of carbonyl (C=O) groups excluding carboxylic acids is 2. The van der Waals surface area contributed by atoms with Gasteiger partial charge in [-0.15, -0.1) is 0 Å². The summed E-state index contributed by atoms with van der Waals surface area (Å²) in [7, 11) is 0. The number of halogens is 2. The number of aromatic nitrogens is 3. The molecule has 1 aromatic carbocycles. The Labute approximate surface area is 209 Å². The molecule has 184 valence electrons. The molecule has 6 nitrogen and oxygen atoms in total. The van der Waals surface area contributed by atoms with Gasteiger partial charge >= 0.3 is 0 Å². The zero-order valence-corrected chi connectivity index (χ0v) is 20.9. The van der Waals surface area contributed by atoms with Crippen LogP contribution in [-0.2, 0) is 4.79 Å². The van der Waals surface area contributed by atoms with Crippen LogP contribution in [0.25, 0.3) is 5.65 Å². The lowest BCUT2D eigenvalue weighted by atomic mass is 9.68. The number of carbonyl (C=O) groups is 2. The summed E-state index contributed by atoms with van der Waals surface area (Å²) in [5.74, 6) is 0.326. The molecule has 0 radical (unpaired) electrons. The van der Waals surface area contributed by atoms with Crippen molar-refractivity contribution in [1.29, 1.82) is 0 Å². The molecule has 35 heavy (non-hydrogen) atoms. The van der Waals surface area contributed by atoms with Crippen LogP contribution in [0.15, 0.2) is 30.5 Å². The quantitative estimate of drug-likeness (QED) is 0.386. The molecule has 1 saturated carbocycles. The highest BCUT2D eigenvalue weighted by molar-refractivity contribution is 6.34. The second-order valence-electron chi connectivity index (χ2n) is 10.2. The van der Waals surface area contributed by atoms with E-state index in [0.717, 1.165) is 56.3 Å². The Morgan fingerprint density at radius 2 is 1.97 bits per heavy atom. The molecule has 0 bridgehead atoms. The molecule has 1 saturated heterocycles. The van der Waals surface area contributed by atoms with Crippen LogP contribution in [0.1, 0.15) is 73.1 Å². The van der Waals surface area contributed by atoms with Crippen LogP contribution in [0, 0.1) is 31.0 Å². The van der Waals surface area contributed by atoms with Crippen molar-refractivity contribution in [3.8, 4) is 0 Å². The third-order valence-corrected chi connectivity index (χ3v) is 8.17. The van der Waals surface area contributed by atoms with Crippen molar-refractivity contribution < 1.29 is 14.0 Å². The van der Waals surface area contributed by atoms with Gasteiger partial charge in [-0.25, -0.2) is 13.9 Å². The summed E-state index contributed by atoms with van der Waals surface area (Å²) in [5, 5.41) is 4.61. The van der Waals surface area contributed by atoms with E-state index in [1.807, 2.05) is 19.9 Å². The summed E-state index contributed by atoms with van der Waals surface area (Å²) in [5.41, 5.74) is 3.34. The first-order chi connectivity index (χ1) is 16.8. The zero-order valence-electron chi connectivity index (χ0n) is 20.2. The first-order valence-corrected chi connectivity index (χ1v) is 12.8. The number of fused-ring (bicyclic) bond motifs is 1. The Bertz CT molecular complexity index is 1300. The average molecular weight is 497 g/mol. The van der Waals surface area contributed by atoms with Gasteiger partial charge in [0.1, 0.15) is 5.82 Å². The van der Waals surface area contributed by atoms with Crippen LogP contribution in [0.2, 0.25) is 5.02 Å². The molecule has 3 aromatic rings. The van der Waals surface area contributed by atoms with Gasteiger partial charge in [-0.2, -0.15) is 5.10 Å². The fourth-order valence-electron chi connectivity index (χ4n) is 5.89. The van der Waals surface area contributed by atoms with Crippen LogP contribution in [0.5, 0.6) is 0 Å². The molecule has 8 heteroatoms. The number of aryl methyl sites for hydroxylation is 2. The number of hydrogen-bond donors (Lipinski definition) is 0. The number of benzene rings is 1. The third kappa shape index (κ3) is 4.46. The molecule has 1 aliphatic heterocycles. The van der Waals surface area contributed by atoms with Crippen molar-refractivity contribution in [1.82, 2.24) is 14.6 Å². The Morgan fingerprint density at radius 3 is 2.71 bits per heavy atom. The van der Waals surface area contributed by atoms with Crippen LogP contribution in [-0.4, -0.2) is 32.8 Å². The predicted octanol–water partition coefficient (Wildman–Crippen LogP) is 6.11. The van der Waals surface area contributed by atoms with E-state index in [-0.39, 0.29) is 22.1 Å². The summed E-state index contributed by atoms with van der Waals surface area (Å²) in [6.07, 6.45) is 8.42. The monoisotopic (exact) mass is 496 g/mol. The molecular weight excluding hydrogens is 467 g/mol. The van der Waals surface area contributed by atoms with Gasteiger partial charge in [-0.3, -0.25) is 9.59 Å². The van der Waals surface area contributed by atoms with Crippen molar-refractivity contribution in [3.05, 3.63) is 58.3 Å². The molecule has 1 aliphatic carbocycles. The van der Waals surface area contributed by atoms with E-state index in [1.165, 1.54) is 12.1 Å². The molecule has 3 heterocycles. The van der Waals surface area contributed by atoms with E-state index < -0.39 is 5.82 Å². The maximum atomic E-state index is 13.4. The number of Topliss-reactive ketones (excluding diaryl/α,β-unsaturated/α-hetero) is 1. The van der Waals surface area contributed by atoms with E-state index in [2.05, 4.69) is 10.1 Å². The van der Waals surface area contributed by atoms with E-state index >= 15 is 0 Å². The molecule has 1 spiro atoms. The van der Waals surface area contributed by atoms with Crippen LogP contribution >= 0.6 is 11.6 Å². The van der Waals surface area contributed by atoms with Gasteiger partial charge in [0, 0.05) is 24.4 Å². The summed E-state index contributed by atoms with van der Waals surface area (Å²) in [6.45, 7) is 4.50. The Hall–Kier alpha value is -2.80. The van der Waals surface area contributed by atoms with Gasteiger partial charge in [0.25, 0.3) is 0 Å². The molecule has 5 rings (SSSR count).